The molecule has 1 fully saturated rings. The van der Waals surface area contributed by atoms with Gasteiger partial charge in [-0.15, -0.1) is 0 Å². The first kappa shape index (κ1) is 13.3. The second-order valence-electron chi connectivity index (χ2n) is 6.02. The molecule has 2 aromatic rings. The summed E-state index contributed by atoms with van der Waals surface area (Å²) in [5.41, 5.74) is 9.40. The van der Waals surface area contributed by atoms with Crippen molar-refractivity contribution in [3.8, 4) is 11.5 Å². The molecule has 0 atom stereocenters. The molecule has 0 amide bonds. The molecule has 1 aromatic heterocycles. The topological polar surface area (TPSA) is 64.9 Å². The van der Waals surface area contributed by atoms with Gasteiger partial charge in [-0.3, -0.25) is 0 Å². The van der Waals surface area contributed by atoms with E-state index in [2.05, 4.69) is 42.2 Å². The highest BCUT2D eigenvalue weighted by Gasteiger charge is 2.34. The number of hydrogen-bond donors (Lipinski definition) is 1. The Bertz CT molecular complexity index is 592. The molecular weight excluding hydrogens is 250 g/mol. The fourth-order valence-corrected chi connectivity index (χ4v) is 3.05. The van der Waals surface area contributed by atoms with Crippen molar-refractivity contribution in [2.24, 2.45) is 5.73 Å². The maximum atomic E-state index is 6.45. The summed E-state index contributed by atoms with van der Waals surface area (Å²) in [5, 5.41) is 4.14. The fraction of sp³-hybridized carbons (Fsp3) is 0.500. The lowest BCUT2D eigenvalue weighted by Crippen LogP contribution is -2.39. The average Bonchev–Trinajstić information content (AvgIpc) is 2.89. The molecule has 4 heteroatoms. The van der Waals surface area contributed by atoms with Gasteiger partial charge in [0.05, 0.1) is 5.54 Å². The summed E-state index contributed by atoms with van der Waals surface area (Å²) in [6.45, 7) is 4.14. The molecule has 1 aliphatic rings. The predicted molar refractivity (Wildman–Crippen MR) is 78.2 cm³/mol. The van der Waals surface area contributed by atoms with Crippen molar-refractivity contribution in [2.45, 2.75) is 51.5 Å². The van der Waals surface area contributed by atoms with E-state index >= 15 is 0 Å². The number of rotatable bonds is 2. The maximum Gasteiger partial charge on any atom is 0.258 e. The molecule has 1 aliphatic carbocycles. The number of hydrogen-bond acceptors (Lipinski definition) is 4. The Morgan fingerprint density at radius 1 is 1.05 bits per heavy atom. The second kappa shape index (κ2) is 5.02. The van der Waals surface area contributed by atoms with Gasteiger partial charge in [-0.25, -0.2) is 0 Å². The van der Waals surface area contributed by atoms with Crippen LogP contribution in [0.4, 0.5) is 0 Å². The molecule has 0 aliphatic heterocycles. The van der Waals surface area contributed by atoms with Gasteiger partial charge in [-0.2, -0.15) is 4.98 Å². The molecule has 3 rings (SSSR count). The quantitative estimate of drug-likeness (QED) is 0.908. The number of aromatic nitrogens is 2. The van der Waals surface area contributed by atoms with E-state index in [-0.39, 0.29) is 0 Å². The van der Waals surface area contributed by atoms with Gasteiger partial charge in [0, 0.05) is 5.56 Å². The first-order chi connectivity index (χ1) is 9.57. The smallest absolute Gasteiger partial charge is 0.258 e. The van der Waals surface area contributed by atoms with Crippen LogP contribution >= 0.6 is 0 Å². The lowest BCUT2D eigenvalue weighted by atomic mass is 9.82. The zero-order valence-electron chi connectivity index (χ0n) is 12.1. The van der Waals surface area contributed by atoms with Crippen LogP contribution in [0.5, 0.6) is 0 Å². The summed E-state index contributed by atoms with van der Waals surface area (Å²) < 4.78 is 5.44. The Morgan fingerprint density at radius 2 is 1.70 bits per heavy atom. The normalized spacial score (nSPS) is 18.1. The first-order valence-electron chi connectivity index (χ1n) is 7.29. The van der Waals surface area contributed by atoms with Gasteiger partial charge in [0.2, 0.25) is 0 Å². The highest BCUT2D eigenvalue weighted by atomic mass is 16.5. The monoisotopic (exact) mass is 271 g/mol. The molecule has 20 heavy (non-hydrogen) atoms. The Labute approximate surface area is 119 Å². The zero-order valence-corrected chi connectivity index (χ0v) is 12.1. The van der Waals surface area contributed by atoms with Crippen molar-refractivity contribution in [2.75, 3.05) is 0 Å². The van der Waals surface area contributed by atoms with Crippen LogP contribution in [-0.4, -0.2) is 10.1 Å². The zero-order chi connectivity index (χ0) is 14.2. The summed E-state index contributed by atoms with van der Waals surface area (Å²) in [4.78, 5) is 4.56. The van der Waals surface area contributed by atoms with Crippen LogP contribution in [0.1, 0.15) is 49.1 Å². The van der Waals surface area contributed by atoms with Crippen molar-refractivity contribution in [1.82, 2.24) is 10.1 Å². The molecular formula is C16H21N3O. The van der Waals surface area contributed by atoms with E-state index in [9.17, 15) is 0 Å². The molecule has 0 radical (unpaired) electrons. The van der Waals surface area contributed by atoms with E-state index in [0.717, 1.165) is 31.2 Å². The maximum absolute atomic E-state index is 6.45. The minimum absolute atomic E-state index is 0.404. The van der Waals surface area contributed by atoms with E-state index in [4.69, 9.17) is 10.3 Å². The van der Waals surface area contributed by atoms with Gasteiger partial charge in [0.25, 0.3) is 5.89 Å². The standard InChI is InChI=1S/C16H21N3O/c1-11-8-12(2)10-13(9-11)14-18-15(19-20-14)16(17)6-4-3-5-7-16/h8-10H,3-7,17H2,1-2H3. The fourth-order valence-electron chi connectivity index (χ4n) is 3.05. The number of nitrogens with zero attached hydrogens (tertiary/aromatic N) is 2. The summed E-state index contributed by atoms with van der Waals surface area (Å²) >= 11 is 0. The number of nitrogens with two attached hydrogens (primary N) is 1. The second-order valence-corrected chi connectivity index (χ2v) is 6.02. The van der Waals surface area contributed by atoms with Gasteiger partial charge in [-0.05, 0) is 38.8 Å². The molecule has 0 saturated heterocycles. The molecule has 106 valence electrons. The lowest BCUT2D eigenvalue weighted by Gasteiger charge is -2.29. The summed E-state index contributed by atoms with van der Waals surface area (Å²) in [5.74, 6) is 1.23. The minimum Gasteiger partial charge on any atom is -0.334 e. The Morgan fingerprint density at radius 3 is 2.35 bits per heavy atom. The van der Waals surface area contributed by atoms with Crippen LogP contribution in [0.3, 0.4) is 0 Å². The van der Waals surface area contributed by atoms with Crippen molar-refractivity contribution >= 4 is 0 Å². The first-order valence-corrected chi connectivity index (χ1v) is 7.29. The third-order valence-electron chi connectivity index (χ3n) is 4.09. The third kappa shape index (κ3) is 2.48. The predicted octanol–water partition coefficient (Wildman–Crippen LogP) is 3.47. The van der Waals surface area contributed by atoms with Crippen molar-refractivity contribution < 1.29 is 4.52 Å². The van der Waals surface area contributed by atoms with Crippen LogP contribution in [0, 0.1) is 13.8 Å². The highest BCUT2D eigenvalue weighted by Crippen LogP contribution is 2.34. The molecule has 1 heterocycles. The SMILES string of the molecule is Cc1cc(C)cc(-c2nc(C3(N)CCCCC3)no2)c1. The Kier molecular flexibility index (Phi) is 3.34. The van der Waals surface area contributed by atoms with Crippen LogP contribution in [0.2, 0.25) is 0 Å². The third-order valence-corrected chi connectivity index (χ3v) is 4.09. The summed E-state index contributed by atoms with van der Waals surface area (Å²) in [7, 11) is 0. The van der Waals surface area contributed by atoms with E-state index in [1.807, 2.05) is 0 Å². The summed E-state index contributed by atoms with van der Waals surface area (Å²) in [6.07, 6.45) is 5.42. The van der Waals surface area contributed by atoms with Crippen molar-refractivity contribution in [3.63, 3.8) is 0 Å². The largest absolute Gasteiger partial charge is 0.334 e. The van der Waals surface area contributed by atoms with Crippen LogP contribution in [-0.2, 0) is 5.54 Å². The molecule has 0 spiro atoms. The van der Waals surface area contributed by atoms with Crippen molar-refractivity contribution in [3.05, 3.63) is 35.2 Å². The van der Waals surface area contributed by atoms with Crippen LogP contribution in [0.15, 0.2) is 22.7 Å². The average molecular weight is 271 g/mol. The lowest BCUT2D eigenvalue weighted by molar-refractivity contribution is 0.275. The van der Waals surface area contributed by atoms with Crippen LogP contribution < -0.4 is 5.73 Å². The van der Waals surface area contributed by atoms with E-state index in [1.54, 1.807) is 0 Å². The Balaban J connectivity index is 1.93. The molecule has 1 saturated carbocycles. The van der Waals surface area contributed by atoms with Gasteiger partial charge in [0.15, 0.2) is 5.82 Å². The number of benzene rings is 1. The molecule has 0 unspecified atom stereocenters. The van der Waals surface area contributed by atoms with Crippen LogP contribution in [0.25, 0.3) is 11.5 Å². The molecule has 1 aromatic carbocycles. The summed E-state index contributed by atoms with van der Waals surface area (Å²) in [6, 6.07) is 6.26. The molecule has 0 bridgehead atoms. The molecule has 4 nitrogen and oxygen atoms in total. The number of aryl methyl sites for hydroxylation is 2. The molecule has 2 N–H and O–H groups in total. The van der Waals surface area contributed by atoms with Gasteiger partial charge in [-0.1, -0.05) is 41.6 Å². The van der Waals surface area contributed by atoms with Gasteiger partial charge >= 0.3 is 0 Å². The highest BCUT2D eigenvalue weighted by molar-refractivity contribution is 5.55. The van der Waals surface area contributed by atoms with Gasteiger partial charge < -0.3 is 10.3 Å². The Hall–Kier alpha value is -1.68. The van der Waals surface area contributed by atoms with E-state index in [0.29, 0.717) is 11.7 Å². The minimum atomic E-state index is -0.404. The van der Waals surface area contributed by atoms with E-state index < -0.39 is 5.54 Å². The van der Waals surface area contributed by atoms with Crippen molar-refractivity contribution in [1.29, 1.82) is 0 Å². The van der Waals surface area contributed by atoms with E-state index in [1.165, 1.54) is 17.5 Å². The van der Waals surface area contributed by atoms with Gasteiger partial charge in [0.1, 0.15) is 0 Å².